The zero-order valence-corrected chi connectivity index (χ0v) is 26.8. The summed E-state index contributed by atoms with van der Waals surface area (Å²) in [6, 6.07) is 24.4. The van der Waals surface area contributed by atoms with Gasteiger partial charge in [-0.05, 0) is 108 Å². The van der Waals surface area contributed by atoms with Gasteiger partial charge >= 0.3 is 6.03 Å². The molecular weight excluding hydrogens is 695 g/mol. The summed E-state index contributed by atoms with van der Waals surface area (Å²) >= 11 is 8.07. The summed E-state index contributed by atoms with van der Waals surface area (Å²) in [4.78, 5) is 40.0. The van der Waals surface area contributed by atoms with Crippen molar-refractivity contribution in [2.75, 3.05) is 11.5 Å². The Morgan fingerprint density at radius 2 is 1.59 bits per heavy atom. The number of carbonyl (C=O) groups is 3. The number of nitrogens with zero attached hydrogens (tertiary/aromatic N) is 1. The van der Waals surface area contributed by atoms with Crippen LogP contribution in [0.25, 0.3) is 6.08 Å². The minimum atomic E-state index is -0.837. The minimum Gasteiger partial charge on any atom is -0.490 e. The number of hydrogen-bond acceptors (Lipinski definition) is 6. The molecule has 1 aliphatic rings. The van der Waals surface area contributed by atoms with Crippen LogP contribution in [0.1, 0.15) is 29.2 Å². The fourth-order valence-electron chi connectivity index (χ4n) is 4.53. The first-order valence-electron chi connectivity index (χ1n) is 13.7. The molecule has 1 aliphatic heterocycles. The Morgan fingerprint density at radius 1 is 0.864 bits per heavy atom. The Kier molecular flexibility index (Phi) is 9.86. The number of urea groups is 1. The lowest BCUT2D eigenvalue weighted by Gasteiger charge is -2.26. The van der Waals surface area contributed by atoms with Crippen LogP contribution in [0.15, 0.2) is 90.5 Å². The van der Waals surface area contributed by atoms with Crippen LogP contribution in [-0.2, 0) is 22.8 Å². The molecule has 0 aliphatic carbocycles. The van der Waals surface area contributed by atoms with E-state index in [-0.39, 0.29) is 11.3 Å². The van der Waals surface area contributed by atoms with Crippen LogP contribution in [0.3, 0.4) is 0 Å². The van der Waals surface area contributed by atoms with Gasteiger partial charge in [0, 0.05) is 5.02 Å². The van der Waals surface area contributed by atoms with E-state index in [1.165, 1.54) is 6.08 Å². The van der Waals surface area contributed by atoms with Gasteiger partial charge in [0.25, 0.3) is 11.8 Å². The van der Waals surface area contributed by atoms with Gasteiger partial charge in [-0.2, -0.15) is 0 Å². The summed E-state index contributed by atoms with van der Waals surface area (Å²) in [5.41, 5.74) is 3.72. The highest BCUT2D eigenvalue weighted by atomic mass is 127. The van der Waals surface area contributed by atoms with E-state index < -0.39 is 17.8 Å². The molecule has 4 aromatic carbocycles. The van der Waals surface area contributed by atoms with Crippen molar-refractivity contribution in [1.29, 1.82) is 0 Å². The van der Waals surface area contributed by atoms with Gasteiger partial charge in [0.2, 0.25) is 0 Å². The molecular formula is C34H28ClIN2O6. The molecule has 1 fully saturated rings. The number of amides is 4. The predicted octanol–water partition coefficient (Wildman–Crippen LogP) is 7.48. The third-order valence-electron chi connectivity index (χ3n) is 6.62. The lowest BCUT2D eigenvalue weighted by molar-refractivity contribution is -0.122. The zero-order valence-electron chi connectivity index (χ0n) is 23.9. The van der Waals surface area contributed by atoms with Crippen molar-refractivity contribution in [3.8, 4) is 17.2 Å². The summed E-state index contributed by atoms with van der Waals surface area (Å²) < 4.78 is 18.5. The highest BCUT2D eigenvalue weighted by Crippen LogP contribution is 2.36. The summed E-state index contributed by atoms with van der Waals surface area (Å²) in [6.45, 7) is 4.93. The number of barbiturate groups is 1. The number of hydrogen-bond donors (Lipinski definition) is 1. The first kappa shape index (κ1) is 31.1. The molecule has 1 N–H and O–H groups in total. The summed E-state index contributed by atoms with van der Waals surface area (Å²) in [5.74, 6) is 0.0479. The summed E-state index contributed by atoms with van der Waals surface area (Å²) in [5, 5.41) is 2.90. The largest absolute Gasteiger partial charge is 0.490 e. The second kappa shape index (κ2) is 14.0. The fourth-order valence-corrected chi connectivity index (χ4v) is 5.44. The van der Waals surface area contributed by atoms with Crippen molar-refractivity contribution in [2.45, 2.75) is 27.1 Å². The second-order valence-electron chi connectivity index (χ2n) is 9.91. The van der Waals surface area contributed by atoms with Crippen LogP contribution >= 0.6 is 34.2 Å². The molecule has 5 rings (SSSR count). The predicted molar refractivity (Wildman–Crippen MR) is 177 cm³/mol. The van der Waals surface area contributed by atoms with Crippen molar-refractivity contribution in [2.24, 2.45) is 0 Å². The van der Waals surface area contributed by atoms with E-state index in [0.29, 0.717) is 47.7 Å². The van der Waals surface area contributed by atoms with Crippen LogP contribution in [0.4, 0.5) is 10.5 Å². The topological polar surface area (TPSA) is 94.2 Å². The van der Waals surface area contributed by atoms with Crippen LogP contribution in [0.2, 0.25) is 5.02 Å². The van der Waals surface area contributed by atoms with Gasteiger partial charge in [0.1, 0.15) is 24.5 Å². The Labute approximate surface area is 273 Å². The Hall–Kier alpha value is -4.35. The SMILES string of the molecule is CCOc1cc(/C=C2\C(=O)NC(=O)N(c3ccc(OCc4ccc(Cl)cc4)cc3)C2=O)cc(I)c1OCc1cccc(C)c1. The molecule has 1 saturated heterocycles. The number of halogens is 2. The maximum Gasteiger partial charge on any atom is 0.335 e. The lowest BCUT2D eigenvalue weighted by Crippen LogP contribution is -2.54. The molecule has 0 saturated carbocycles. The van der Waals surface area contributed by atoms with Gasteiger partial charge < -0.3 is 14.2 Å². The average molecular weight is 723 g/mol. The number of ether oxygens (including phenoxy) is 3. The van der Waals surface area contributed by atoms with Gasteiger partial charge in [0.15, 0.2) is 11.5 Å². The quantitative estimate of drug-likeness (QED) is 0.104. The first-order chi connectivity index (χ1) is 21.2. The van der Waals surface area contributed by atoms with E-state index in [0.717, 1.165) is 25.2 Å². The summed E-state index contributed by atoms with van der Waals surface area (Å²) in [7, 11) is 0. The molecule has 4 amide bonds. The Balaban J connectivity index is 1.35. The highest BCUT2D eigenvalue weighted by molar-refractivity contribution is 14.1. The Bertz CT molecular complexity index is 1740. The van der Waals surface area contributed by atoms with Crippen molar-refractivity contribution < 1.29 is 28.6 Å². The molecule has 44 heavy (non-hydrogen) atoms. The van der Waals surface area contributed by atoms with Crippen LogP contribution in [-0.4, -0.2) is 24.5 Å². The number of rotatable bonds is 10. The summed E-state index contributed by atoms with van der Waals surface area (Å²) in [6.07, 6.45) is 1.44. The molecule has 0 bridgehead atoms. The van der Waals surface area contributed by atoms with E-state index in [2.05, 4.69) is 27.9 Å². The average Bonchev–Trinajstić information content (AvgIpc) is 2.99. The van der Waals surface area contributed by atoms with E-state index in [1.807, 2.05) is 50.2 Å². The van der Waals surface area contributed by atoms with Crippen molar-refractivity contribution in [3.05, 3.63) is 121 Å². The number of benzene rings is 4. The van der Waals surface area contributed by atoms with Crippen molar-refractivity contribution >= 4 is 63.8 Å². The van der Waals surface area contributed by atoms with E-state index in [9.17, 15) is 14.4 Å². The van der Waals surface area contributed by atoms with E-state index in [4.69, 9.17) is 25.8 Å². The molecule has 224 valence electrons. The number of carbonyl (C=O) groups excluding carboxylic acids is 3. The Morgan fingerprint density at radius 3 is 2.30 bits per heavy atom. The van der Waals surface area contributed by atoms with Crippen LogP contribution in [0, 0.1) is 10.5 Å². The molecule has 4 aromatic rings. The maximum absolute atomic E-state index is 13.5. The maximum atomic E-state index is 13.5. The standard InChI is InChI=1S/C34H28ClIN2O6/c1-3-42-30-18-24(17-29(36)31(30)44-20-23-6-4-5-21(2)15-23)16-28-32(39)37-34(41)38(33(28)40)26-11-13-27(14-12-26)43-19-22-7-9-25(35)10-8-22/h4-18H,3,19-20H2,1-2H3,(H,37,39,41)/b28-16+. The fraction of sp³-hybridized carbons (Fsp3) is 0.147. The van der Waals surface area contributed by atoms with Crippen molar-refractivity contribution in [3.63, 3.8) is 0 Å². The van der Waals surface area contributed by atoms with Crippen molar-refractivity contribution in [1.82, 2.24) is 5.32 Å². The number of aryl methyl sites for hydroxylation is 1. The third-order valence-corrected chi connectivity index (χ3v) is 7.68. The smallest absolute Gasteiger partial charge is 0.335 e. The number of anilines is 1. The molecule has 0 atom stereocenters. The monoisotopic (exact) mass is 722 g/mol. The third kappa shape index (κ3) is 7.40. The normalized spacial score (nSPS) is 14.0. The van der Waals surface area contributed by atoms with E-state index >= 15 is 0 Å². The van der Waals surface area contributed by atoms with Gasteiger partial charge in [-0.25, -0.2) is 9.69 Å². The van der Waals surface area contributed by atoms with E-state index in [1.54, 1.807) is 48.5 Å². The van der Waals surface area contributed by atoms with Gasteiger partial charge in [-0.15, -0.1) is 0 Å². The first-order valence-corrected chi connectivity index (χ1v) is 15.2. The second-order valence-corrected chi connectivity index (χ2v) is 11.5. The van der Waals surface area contributed by atoms with Crippen LogP contribution < -0.4 is 24.4 Å². The number of imide groups is 2. The van der Waals surface area contributed by atoms with Gasteiger partial charge in [0.05, 0.1) is 15.9 Å². The molecule has 0 spiro atoms. The lowest BCUT2D eigenvalue weighted by atomic mass is 10.1. The molecule has 1 heterocycles. The highest BCUT2D eigenvalue weighted by Gasteiger charge is 2.37. The molecule has 0 aromatic heterocycles. The van der Waals surface area contributed by atoms with Gasteiger partial charge in [-0.1, -0.05) is 53.6 Å². The number of nitrogens with one attached hydrogen (secondary N) is 1. The molecule has 0 unspecified atom stereocenters. The molecule has 10 heteroatoms. The van der Waals surface area contributed by atoms with Gasteiger partial charge in [-0.3, -0.25) is 14.9 Å². The van der Waals surface area contributed by atoms with Crippen LogP contribution in [0.5, 0.6) is 17.2 Å². The zero-order chi connectivity index (χ0) is 31.2. The molecule has 0 radical (unpaired) electrons. The molecule has 8 nitrogen and oxygen atoms in total. The minimum absolute atomic E-state index is 0.195.